The van der Waals surface area contributed by atoms with Gasteiger partial charge in [0.1, 0.15) is 0 Å². The lowest BCUT2D eigenvalue weighted by Crippen LogP contribution is -2.24. The molecule has 0 aliphatic rings. The van der Waals surface area contributed by atoms with Gasteiger partial charge in [-0.05, 0) is 26.0 Å². The van der Waals surface area contributed by atoms with Crippen LogP contribution in [0.3, 0.4) is 0 Å². The van der Waals surface area contributed by atoms with Crippen molar-refractivity contribution < 1.29 is 0 Å². The van der Waals surface area contributed by atoms with Crippen LogP contribution in [0.4, 0.5) is 0 Å². The lowest BCUT2D eigenvalue weighted by atomic mass is 10.3. The second-order valence-electron chi connectivity index (χ2n) is 3.04. The molecule has 1 rings (SSSR count). The van der Waals surface area contributed by atoms with Crippen LogP contribution in [0.5, 0.6) is 0 Å². The lowest BCUT2D eigenvalue weighted by molar-refractivity contribution is 0.454. The van der Waals surface area contributed by atoms with E-state index in [4.69, 9.17) is 0 Å². The fraction of sp³-hybridized carbons (Fsp3) is 0.667. The average molecular weight is 167 g/mol. The number of rotatable bonds is 5. The van der Waals surface area contributed by atoms with Crippen LogP contribution in [0, 0.1) is 0 Å². The monoisotopic (exact) mass is 167 g/mol. The molecule has 0 aliphatic carbocycles. The highest BCUT2D eigenvalue weighted by molar-refractivity contribution is 4.80. The van der Waals surface area contributed by atoms with Crippen LogP contribution in [-0.4, -0.2) is 22.9 Å². The molecule has 1 aromatic rings. The van der Waals surface area contributed by atoms with Crippen molar-refractivity contribution in [3.8, 4) is 0 Å². The Morgan fingerprint density at radius 2 is 2.42 bits per heavy atom. The van der Waals surface area contributed by atoms with E-state index in [0.717, 1.165) is 13.1 Å². The van der Waals surface area contributed by atoms with E-state index >= 15 is 0 Å². The van der Waals surface area contributed by atoms with Crippen LogP contribution >= 0.6 is 0 Å². The molecule has 0 aliphatic heterocycles. The third-order valence-electron chi connectivity index (χ3n) is 1.84. The summed E-state index contributed by atoms with van der Waals surface area (Å²) in [4.78, 5) is 0. The van der Waals surface area contributed by atoms with Crippen LogP contribution < -0.4 is 5.32 Å². The van der Waals surface area contributed by atoms with Gasteiger partial charge < -0.3 is 5.32 Å². The molecule has 0 radical (unpaired) electrons. The zero-order valence-electron chi connectivity index (χ0n) is 7.83. The number of hydrogen-bond acceptors (Lipinski definition) is 2. The van der Waals surface area contributed by atoms with Gasteiger partial charge in [-0.25, -0.2) is 0 Å². The van der Waals surface area contributed by atoms with Crippen molar-refractivity contribution in [3.05, 3.63) is 18.5 Å². The van der Waals surface area contributed by atoms with Gasteiger partial charge in [-0.1, -0.05) is 6.92 Å². The van der Waals surface area contributed by atoms with E-state index in [2.05, 4.69) is 24.3 Å². The summed E-state index contributed by atoms with van der Waals surface area (Å²) in [5, 5.41) is 7.53. The van der Waals surface area contributed by atoms with Gasteiger partial charge in [-0.15, -0.1) is 0 Å². The fourth-order valence-corrected chi connectivity index (χ4v) is 1.12. The molecule has 0 aromatic carbocycles. The van der Waals surface area contributed by atoms with Crippen molar-refractivity contribution in [2.24, 2.45) is 0 Å². The van der Waals surface area contributed by atoms with E-state index in [-0.39, 0.29) is 0 Å². The first-order valence-electron chi connectivity index (χ1n) is 4.54. The van der Waals surface area contributed by atoms with Gasteiger partial charge in [0.25, 0.3) is 0 Å². The summed E-state index contributed by atoms with van der Waals surface area (Å²) in [7, 11) is 0. The molecule has 0 fully saturated rings. The van der Waals surface area contributed by atoms with Gasteiger partial charge >= 0.3 is 0 Å². The fourth-order valence-electron chi connectivity index (χ4n) is 1.12. The Hall–Kier alpha value is -0.830. The van der Waals surface area contributed by atoms with Gasteiger partial charge in [0.2, 0.25) is 0 Å². The minimum Gasteiger partial charge on any atom is -0.315 e. The second-order valence-corrected chi connectivity index (χ2v) is 3.04. The van der Waals surface area contributed by atoms with E-state index in [1.54, 1.807) is 0 Å². The maximum Gasteiger partial charge on any atom is 0.0615 e. The summed E-state index contributed by atoms with van der Waals surface area (Å²) in [6, 6.07) is 2.41. The Kier molecular flexibility index (Phi) is 3.80. The van der Waals surface area contributed by atoms with Crippen LogP contribution in [0.15, 0.2) is 18.5 Å². The van der Waals surface area contributed by atoms with Gasteiger partial charge in [0, 0.05) is 18.9 Å². The molecular formula is C9H17N3. The van der Waals surface area contributed by atoms with E-state index in [1.165, 1.54) is 6.42 Å². The number of aromatic nitrogens is 2. The zero-order chi connectivity index (χ0) is 8.81. The third kappa shape index (κ3) is 2.66. The van der Waals surface area contributed by atoms with Gasteiger partial charge in [0.15, 0.2) is 0 Å². The Morgan fingerprint density at radius 1 is 1.58 bits per heavy atom. The summed E-state index contributed by atoms with van der Waals surface area (Å²) in [6.07, 6.45) is 5.00. The highest BCUT2D eigenvalue weighted by atomic mass is 15.3. The molecule has 0 saturated carbocycles. The first-order chi connectivity index (χ1) is 5.84. The summed E-state index contributed by atoms with van der Waals surface area (Å²) < 4.78 is 1.97. The molecule has 0 spiro atoms. The number of nitrogens with one attached hydrogen (secondary N) is 1. The van der Waals surface area contributed by atoms with Crippen LogP contribution in [0.2, 0.25) is 0 Å². The Morgan fingerprint density at radius 3 is 3.00 bits per heavy atom. The molecule has 0 bridgehead atoms. The largest absolute Gasteiger partial charge is 0.315 e. The summed E-state index contributed by atoms with van der Waals surface area (Å²) >= 11 is 0. The highest BCUT2D eigenvalue weighted by Gasteiger charge is 2.01. The topological polar surface area (TPSA) is 29.9 Å². The van der Waals surface area contributed by atoms with Crippen LogP contribution in [0.25, 0.3) is 0 Å². The molecule has 1 atom stereocenters. The average Bonchev–Trinajstić information content (AvgIpc) is 2.56. The summed E-state index contributed by atoms with van der Waals surface area (Å²) in [6.45, 7) is 6.42. The minimum absolute atomic E-state index is 0.451. The Balaban J connectivity index is 2.25. The predicted molar refractivity (Wildman–Crippen MR) is 50.1 cm³/mol. The first kappa shape index (κ1) is 9.26. The molecule has 1 N–H and O–H groups in total. The van der Waals surface area contributed by atoms with E-state index in [9.17, 15) is 0 Å². The third-order valence-corrected chi connectivity index (χ3v) is 1.84. The van der Waals surface area contributed by atoms with Crippen molar-refractivity contribution in [3.63, 3.8) is 0 Å². The predicted octanol–water partition coefficient (Wildman–Crippen LogP) is 1.44. The molecule has 12 heavy (non-hydrogen) atoms. The van der Waals surface area contributed by atoms with Gasteiger partial charge in [-0.3, -0.25) is 4.68 Å². The summed E-state index contributed by atoms with van der Waals surface area (Å²) in [5.74, 6) is 0. The normalized spacial score (nSPS) is 13.2. The molecule has 3 nitrogen and oxygen atoms in total. The highest BCUT2D eigenvalue weighted by Crippen LogP contribution is 2.00. The standard InChI is InChI=1S/C9H17N3/c1-3-5-10-8-9(2)12-7-4-6-11-12/h4,6-7,9-10H,3,5,8H2,1-2H3. The number of hydrogen-bond donors (Lipinski definition) is 1. The molecule has 68 valence electrons. The number of nitrogens with zero attached hydrogens (tertiary/aromatic N) is 2. The zero-order valence-corrected chi connectivity index (χ0v) is 7.83. The smallest absolute Gasteiger partial charge is 0.0615 e. The lowest BCUT2D eigenvalue weighted by Gasteiger charge is -2.12. The van der Waals surface area contributed by atoms with Crippen LogP contribution in [0.1, 0.15) is 26.3 Å². The maximum absolute atomic E-state index is 4.17. The van der Waals surface area contributed by atoms with Crippen molar-refractivity contribution in [2.45, 2.75) is 26.3 Å². The van der Waals surface area contributed by atoms with Crippen molar-refractivity contribution >= 4 is 0 Å². The van der Waals surface area contributed by atoms with Crippen molar-refractivity contribution in [1.82, 2.24) is 15.1 Å². The van der Waals surface area contributed by atoms with Gasteiger partial charge in [0.05, 0.1) is 6.04 Å². The molecule has 0 saturated heterocycles. The molecular weight excluding hydrogens is 150 g/mol. The molecule has 1 unspecified atom stereocenters. The summed E-state index contributed by atoms with van der Waals surface area (Å²) in [5.41, 5.74) is 0. The Labute approximate surface area is 73.8 Å². The molecule has 1 heterocycles. The van der Waals surface area contributed by atoms with E-state index in [1.807, 2.05) is 23.1 Å². The van der Waals surface area contributed by atoms with Crippen molar-refractivity contribution in [1.29, 1.82) is 0 Å². The molecule has 0 amide bonds. The molecule has 3 heteroatoms. The van der Waals surface area contributed by atoms with E-state index < -0.39 is 0 Å². The van der Waals surface area contributed by atoms with E-state index in [0.29, 0.717) is 6.04 Å². The second kappa shape index (κ2) is 4.93. The van der Waals surface area contributed by atoms with Crippen molar-refractivity contribution in [2.75, 3.05) is 13.1 Å². The minimum atomic E-state index is 0.451. The molecule has 1 aromatic heterocycles. The quantitative estimate of drug-likeness (QED) is 0.672. The first-order valence-corrected chi connectivity index (χ1v) is 4.54. The Bertz CT molecular complexity index is 194. The SMILES string of the molecule is CCCNCC(C)n1cccn1. The van der Waals surface area contributed by atoms with Gasteiger partial charge in [-0.2, -0.15) is 5.10 Å². The van der Waals surface area contributed by atoms with Crippen LogP contribution in [-0.2, 0) is 0 Å². The maximum atomic E-state index is 4.17.